The molecule has 1 aromatic rings. The first-order valence-electron chi connectivity index (χ1n) is 5.55. The number of hydrogen-bond donors (Lipinski definition) is 2. The molecule has 0 amide bonds. The summed E-state index contributed by atoms with van der Waals surface area (Å²) in [6.07, 6.45) is 5.01. The molecule has 2 rings (SSSR count). The summed E-state index contributed by atoms with van der Waals surface area (Å²) in [4.78, 5) is 4.28. The first-order valence-corrected chi connectivity index (χ1v) is 6.33. The molecule has 1 aromatic heterocycles. The molecule has 0 aromatic carbocycles. The lowest BCUT2D eigenvalue weighted by molar-refractivity contribution is 0.321. The van der Waals surface area contributed by atoms with Crippen LogP contribution < -0.4 is 11.1 Å². The van der Waals surface area contributed by atoms with E-state index in [0.717, 1.165) is 17.5 Å². The van der Waals surface area contributed by atoms with Crippen molar-refractivity contribution in [1.29, 1.82) is 0 Å². The molecule has 2 atom stereocenters. The van der Waals surface area contributed by atoms with Gasteiger partial charge in [-0.3, -0.25) is 0 Å². The average molecular weight is 226 g/mol. The second-order valence-electron chi connectivity index (χ2n) is 4.24. The molecule has 1 saturated carbocycles. The average Bonchev–Trinajstić information content (AvgIpc) is 2.63. The topological polar surface area (TPSA) is 63.8 Å². The zero-order chi connectivity index (χ0) is 10.7. The van der Waals surface area contributed by atoms with E-state index >= 15 is 0 Å². The molecular weight excluding hydrogens is 208 g/mol. The van der Waals surface area contributed by atoms with Crippen molar-refractivity contribution >= 4 is 16.7 Å². The van der Waals surface area contributed by atoms with Crippen molar-refractivity contribution in [3.63, 3.8) is 0 Å². The Balaban J connectivity index is 1.81. The van der Waals surface area contributed by atoms with Crippen LogP contribution >= 0.6 is 11.5 Å². The Kier molecular flexibility index (Phi) is 3.53. The second-order valence-corrected chi connectivity index (χ2v) is 4.99. The van der Waals surface area contributed by atoms with E-state index in [4.69, 9.17) is 5.73 Å². The molecule has 0 radical (unpaired) electrons. The molecule has 84 valence electrons. The van der Waals surface area contributed by atoms with Gasteiger partial charge >= 0.3 is 0 Å². The Morgan fingerprint density at radius 1 is 1.47 bits per heavy atom. The van der Waals surface area contributed by atoms with Gasteiger partial charge in [0, 0.05) is 24.1 Å². The maximum atomic E-state index is 6.08. The van der Waals surface area contributed by atoms with E-state index in [1.54, 1.807) is 0 Å². The highest BCUT2D eigenvalue weighted by molar-refractivity contribution is 7.09. The summed E-state index contributed by atoms with van der Waals surface area (Å²) in [5, 5.41) is 4.25. The van der Waals surface area contributed by atoms with E-state index in [-0.39, 0.29) is 0 Å². The van der Waals surface area contributed by atoms with Crippen LogP contribution in [0.2, 0.25) is 0 Å². The molecule has 5 heteroatoms. The summed E-state index contributed by atoms with van der Waals surface area (Å²) in [5.74, 6) is 1.44. The van der Waals surface area contributed by atoms with E-state index in [0.29, 0.717) is 12.0 Å². The maximum absolute atomic E-state index is 6.08. The molecule has 1 heterocycles. The van der Waals surface area contributed by atoms with Gasteiger partial charge in [-0.1, -0.05) is 12.8 Å². The van der Waals surface area contributed by atoms with E-state index in [1.165, 1.54) is 37.2 Å². The Hall–Kier alpha value is -0.680. The minimum Gasteiger partial charge on any atom is -0.360 e. The van der Waals surface area contributed by atoms with Crippen molar-refractivity contribution in [3.8, 4) is 0 Å². The fourth-order valence-corrected chi connectivity index (χ4v) is 2.66. The van der Waals surface area contributed by atoms with E-state index < -0.39 is 0 Å². The number of nitrogens with zero attached hydrogens (tertiary/aromatic N) is 2. The molecule has 4 nitrogen and oxygen atoms in total. The van der Waals surface area contributed by atoms with Crippen molar-refractivity contribution in [3.05, 3.63) is 5.82 Å². The molecule has 3 N–H and O–H groups in total. The van der Waals surface area contributed by atoms with Gasteiger partial charge < -0.3 is 11.1 Å². The predicted molar refractivity (Wildman–Crippen MR) is 63.1 cm³/mol. The number of aromatic nitrogens is 2. The van der Waals surface area contributed by atoms with Crippen LogP contribution in [-0.4, -0.2) is 21.9 Å². The van der Waals surface area contributed by atoms with Gasteiger partial charge in [-0.2, -0.15) is 4.37 Å². The number of hydrogen-bond acceptors (Lipinski definition) is 5. The number of anilines is 1. The van der Waals surface area contributed by atoms with Crippen LogP contribution in [0.4, 0.5) is 5.13 Å². The Bertz CT molecular complexity index is 312. The van der Waals surface area contributed by atoms with Crippen molar-refractivity contribution in [1.82, 2.24) is 9.36 Å². The Morgan fingerprint density at radius 3 is 2.93 bits per heavy atom. The summed E-state index contributed by atoms with van der Waals surface area (Å²) in [5.41, 5.74) is 6.08. The van der Waals surface area contributed by atoms with Gasteiger partial charge in [0.1, 0.15) is 5.82 Å². The number of rotatable bonds is 3. The fraction of sp³-hybridized carbons (Fsp3) is 0.800. The third kappa shape index (κ3) is 2.89. The van der Waals surface area contributed by atoms with Gasteiger partial charge in [-0.15, -0.1) is 0 Å². The molecular formula is C10H18N4S. The number of aryl methyl sites for hydroxylation is 1. The van der Waals surface area contributed by atoms with Crippen LogP contribution in [0.3, 0.4) is 0 Å². The quantitative estimate of drug-likeness (QED) is 0.824. The summed E-state index contributed by atoms with van der Waals surface area (Å²) in [6, 6.07) is 0.361. The van der Waals surface area contributed by atoms with Crippen LogP contribution in [0.15, 0.2) is 0 Å². The van der Waals surface area contributed by atoms with Crippen molar-refractivity contribution < 1.29 is 0 Å². The standard InChI is InChI=1S/C10H18N4S/c1-7-13-10(15-14-7)12-6-8-4-2-3-5-9(8)11/h8-9H,2-6,11H2,1H3,(H,12,13,14). The highest BCUT2D eigenvalue weighted by atomic mass is 32.1. The minimum absolute atomic E-state index is 0.361. The van der Waals surface area contributed by atoms with Crippen LogP contribution in [0, 0.1) is 12.8 Å². The molecule has 1 aliphatic carbocycles. The Labute approximate surface area is 94.5 Å². The van der Waals surface area contributed by atoms with Gasteiger partial charge in [-0.25, -0.2) is 4.98 Å². The van der Waals surface area contributed by atoms with Gasteiger partial charge in [0.05, 0.1) is 0 Å². The monoisotopic (exact) mass is 226 g/mol. The third-order valence-corrected chi connectivity index (χ3v) is 3.77. The Morgan fingerprint density at radius 2 is 2.27 bits per heavy atom. The first-order chi connectivity index (χ1) is 7.25. The second kappa shape index (κ2) is 4.90. The van der Waals surface area contributed by atoms with Crippen molar-refractivity contribution in [2.45, 2.75) is 38.6 Å². The maximum Gasteiger partial charge on any atom is 0.202 e. The van der Waals surface area contributed by atoms with E-state index in [9.17, 15) is 0 Å². The SMILES string of the molecule is Cc1nsc(NCC2CCCCC2N)n1. The van der Waals surface area contributed by atoms with E-state index in [2.05, 4.69) is 14.7 Å². The van der Waals surface area contributed by atoms with Crippen LogP contribution in [0.25, 0.3) is 0 Å². The summed E-state index contributed by atoms with van der Waals surface area (Å²) in [7, 11) is 0. The van der Waals surface area contributed by atoms with Gasteiger partial charge in [0.2, 0.25) is 5.13 Å². The number of nitrogens with two attached hydrogens (primary N) is 1. The number of nitrogens with one attached hydrogen (secondary N) is 1. The van der Waals surface area contributed by atoms with Crippen LogP contribution in [-0.2, 0) is 0 Å². The molecule has 15 heavy (non-hydrogen) atoms. The summed E-state index contributed by atoms with van der Waals surface area (Å²) >= 11 is 1.43. The van der Waals surface area contributed by atoms with Crippen molar-refractivity contribution in [2.24, 2.45) is 11.7 Å². The van der Waals surface area contributed by atoms with Crippen molar-refractivity contribution in [2.75, 3.05) is 11.9 Å². The zero-order valence-corrected chi connectivity index (χ0v) is 9.89. The van der Waals surface area contributed by atoms with E-state index in [1.807, 2.05) is 6.92 Å². The summed E-state index contributed by atoms with van der Waals surface area (Å²) in [6.45, 7) is 2.85. The lowest BCUT2D eigenvalue weighted by Crippen LogP contribution is -2.37. The summed E-state index contributed by atoms with van der Waals surface area (Å²) < 4.78 is 4.14. The minimum atomic E-state index is 0.361. The molecule has 0 saturated heterocycles. The van der Waals surface area contributed by atoms with Gasteiger partial charge in [0.25, 0.3) is 0 Å². The third-order valence-electron chi connectivity index (χ3n) is 3.01. The smallest absolute Gasteiger partial charge is 0.202 e. The molecule has 1 fully saturated rings. The molecule has 2 unspecified atom stereocenters. The highest BCUT2D eigenvalue weighted by Gasteiger charge is 2.21. The van der Waals surface area contributed by atoms with Gasteiger partial charge in [-0.05, 0) is 25.7 Å². The van der Waals surface area contributed by atoms with Crippen LogP contribution in [0.1, 0.15) is 31.5 Å². The lowest BCUT2D eigenvalue weighted by Gasteiger charge is -2.28. The predicted octanol–water partition coefficient (Wildman–Crippen LogP) is 1.78. The molecule has 0 bridgehead atoms. The molecule has 0 aliphatic heterocycles. The van der Waals surface area contributed by atoms with Gasteiger partial charge in [0.15, 0.2) is 0 Å². The first kappa shape index (κ1) is 10.8. The molecule has 1 aliphatic rings. The largest absolute Gasteiger partial charge is 0.360 e. The normalized spacial score (nSPS) is 26.5. The highest BCUT2D eigenvalue weighted by Crippen LogP contribution is 2.23. The molecule has 0 spiro atoms. The fourth-order valence-electron chi connectivity index (χ4n) is 2.08. The zero-order valence-electron chi connectivity index (χ0n) is 9.07. The van der Waals surface area contributed by atoms with Crippen LogP contribution in [0.5, 0.6) is 0 Å². The lowest BCUT2D eigenvalue weighted by atomic mass is 9.85.